The minimum Gasteiger partial charge on any atom is -0.379 e. The Hall–Kier alpha value is -0.320. The molecular formula is C8H8O2S2. The summed E-state index contributed by atoms with van der Waals surface area (Å²) < 4.78 is 5.05. The molecule has 0 spiro atoms. The molecule has 2 rings (SSSR count). The number of carbonyl (C=O) groups excluding carboxylic acids is 1. The Morgan fingerprint density at radius 3 is 3.00 bits per heavy atom. The summed E-state index contributed by atoms with van der Waals surface area (Å²) >= 11 is 3.29. The van der Waals surface area contributed by atoms with Crippen molar-refractivity contribution < 1.29 is 9.53 Å². The maximum atomic E-state index is 10.4. The van der Waals surface area contributed by atoms with Crippen LogP contribution < -0.4 is 0 Å². The number of hydrogen-bond donors (Lipinski definition) is 0. The Labute approximate surface area is 78.9 Å². The number of thiophene rings is 1. The lowest BCUT2D eigenvalue weighted by Crippen LogP contribution is -2.29. The molecule has 1 aliphatic heterocycles. The summed E-state index contributed by atoms with van der Waals surface area (Å²) in [6, 6.07) is 1.93. The first kappa shape index (κ1) is 8.29. The lowest BCUT2D eigenvalue weighted by atomic mass is 10.4. The van der Waals surface area contributed by atoms with Crippen molar-refractivity contribution >= 4 is 29.4 Å². The average Bonchev–Trinajstić information content (AvgIpc) is 2.44. The van der Waals surface area contributed by atoms with Crippen molar-refractivity contribution in [2.24, 2.45) is 0 Å². The van der Waals surface area contributed by atoms with Crippen molar-refractivity contribution in [3.63, 3.8) is 0 Å². The molecule has 2 heterocycles. The first-order chi connectivity index (χ1) is 5.88. The topological polar surface area (TPSA) is 26.3 Å². The number of aldehydes is 1. The molecule has 1 fully saturated rings. The second kappa shape index (κ2) is 3.60. The van der Waals surface area contributed by atoms with E-state index in [4.69, 9.17) is 4.74 Å². The van der Waals surface area contributed by atoms with Crippen LogP contribution in [0, 0.1) is 0 Å². The zero-order valence-electron chi connectivity index (χ0n) is 6.36. The minimum absolute atomic E-state index is 0.596. The normalized spacial score (nSPS) is 17.3. The van der Waals surface area contributed by atoms with E-state index in [9.17, 15) is 4.79 Å². The quantitative estimate of drug-likeness (QED) is 0.698. The van der Waals surface area contributed by atoms with Gasteiger partial charge in [-0.2, -0.15) is 0 Å². The largest absolute Gasteiger partial charge is 0.379 e. The molecule has 0 saturated carbocycles. The third kappa shape index (κ3) is 1.71. The molecule has 2 nitrogen and oxygen atoms in total. The maximum absolute atomic E-state index is 10.4. The van der Waals surface area contributed by atoms with Gasteiger partial charge in [0.2, 0.25) is 0 Å². The van der Waals surface area contributed by atoms with Gasteiger partial charge in [0.15, 0.2) is 6.29 Å². The Balaban J connectivity index is 1.97. The summed E-state index contributed by atoms with van der Waals surface area (Å²) in [6.07, 6.45) is 0.895. The molecule has 0 amide bonds. The highest BCUT2D eigenvalue weighted by Crippen LogP contribution is 2.30. The monoisotopic (exact) mass is 200 g/mol. The van der Waals surface area contributed by atoms with E-state index < -0.39 is 0 Å². The summed E-state index contributed by atoms with van der Waals surface area (Å²) in [7, 11) is 0. The molecule has 0 unspecified atom stereocenters. The predicted octanol–water partition coefficient (Wildman–Crippen LogP) is 2.05. The summed E-state index contributed by atoms with van der Waals surface area (Å²) in [5.74, 6) is 0. The van der Waals surface area contributed by atoms with E-state index in [1.165, 1.54) is 16.2 Å². The Kier molecular flexibility index (Phi) is 2.48. The molecule has 1 aromatic rings. The van der Waals surface area contributed by atoms with Crippen molar-refractivity contribution in [3.8, 4) is 0 Å². The number of ether oxygens (including phenoxy) is 1. The molecule has 0 aliphatic carbocycles. The van der Waals surface area contributed by atoms with Crippen LogP contribution in [-0.4, -0.2) is 24.7 Å². The van der Waals surface area contributed by atoms with Gasteiger partial charge in [-0.15, -0.1) is 23.1 Å². The van der Waals surface area contributed by atoms with E-state index in [2.05, 4.69) is 0 Å². The van der Waals surface area contributed by atoms with Crippen molar-refractivity contribution in [1.82, 2.24) is 0 Å². The van der Waals surface area contributed by atoms with E-state index in [1.54, 1.807) is 11.8 Å². The highest BCUT2D eigenvalue weighted by molar-refractivity contribution is 8.00. The Morgan fingerprint density at radius 1 is 1.67 bits per heavy atom. The van der Waals surface area contributed by atoms with Gasteiger partial charge in [-0.05, 0) is 6.07 Å². The van der Waals surface area contributed by atoms with Crippen molar-refractivity contribution in [1.29, 1.82) is 0 Å². The highest BCUT2D eigenvalue weighted by Gasteiger charge is 2.19. The molecule has 12 heavy (non-hydrogen) atoms. The van der Waals surface area contributed by atoms with Gasteiger partial charge in [-0.25, -0.2) is 0 Å². The average molecular weight is 200 g/mol. The molecule has 0 aromatic carbocycles. The molecule has 1 aromatic heterocycles. The van der Waals surface area contributed by atoms with Crippen LogP contribution in [0.1, 0.15) is 9.67 Å². The lowest BCUT2D eigenvalue weighted by molar-refractivity contribution is 0.0455. The van der Waals surface area contributed by atoms with Gasteiger partial charge in [-0.1, -0.05) is 0 Å². The van der Waals surface area contributed by atoms with Crippen LogP contribution in [0.2, 0.25) is 0 Å². The van der Waals surface area contributed by atoms with E-state index >= 15 is 0 Å². The molecule has 0 N–H and O–H groups in total. The second-order valence-corrected chi connectivity index (χ2v) is 4.90. The zero-order chi connectivity index (χ0) is 8.39. The summed E-state index contributed by atoms with van der Waals surface area (Å²) in [6.45, 7) is 1.69. The van der Waals surface area contributed by atoms with Crippen molar-refractivity contribution in [3.05, 3.63) is 16.3 Å². The standard InChI is InChI=1S/C8H8O2S2/c9-2-6-1-7(5-11-6)12-8-3-10-4-8/h1-2,5,8H,3-4H2. The van der Waals surface area contributed by atoms with E-state index in [1.807, 2.05) is 11.4 Å². The van der Waals surface area contributed by atoms with Crippen LogP contribution in [0.3, 0.4) is 0 Å². The zero-order valence-corrected chi connectivity index (χ0v) is 7.99. The smallest absolute Gasteiger partial charge is 0.160 e. The second-order valence-electron chi connectivity index (χ2n) is 2.58. The molecule has 64 valence electrons. The van der Waals surface area contributed by atoms with E-state index in [0.717, 1.165) is 24.4 Å². The fourth-order valence-corrected chi connectivity index (χ4v) is 2.85. The maximum Gasteiger partial charge on any atom is 0.160 e. The molecule has 1 saturated heterocycles. The number of thioether (sulfide) groups is 1. The van der Waals surface area contributed by atoms with E-state index in [0.29, 0.717) is 5.25 Å². The SMILES string of the molecule is O=Cc1cc(SC2COC2)cs1. The summed E-state index contributed by atoms with van der Waals surface area (Å²) in [4.78, 5) is 12.4. The number of carbonyl (C=O) groups is 1. The molecule has 0 bridgehead atoms. The predicted molar refractivity (Wildman–Crippen MR) is 50.2 cm³/mol. The van der Waals surface area contributed by atoms with Gasteiger partial charge in [-0.3, -0.25) is 4.79 Å². The van der Waals surface area contributed by atoms with Crippen LogP contribution in [0.15, 0.2) is 16.3 Å². The van der Waals surface area contributed by atoms with Crippen LogP contribution in [-0.2, 0) is 4.74 Å². The third-order valence-corrected chi connectivity index (χ3v) is 3.74. The third-order valence-electron chi connectivity index (χ3n) is 1.62. The number of hydrogen-bond acceptors (Lipinski definition) is 4. The summed E-state index contributed by atoms with van der Waals surface area (Å²) in [5, 5.41) is 2.62. The van der Waals surface area contributed by atoms with Gasteiger partial charge in [0.1, 0.15) is 0 Å². The van der Waals surface area contributed by atoms with Crippen molar-refractivity contribution in [2.45, 2.75) is 10.1 Å². The first-order valence-corrected chi connectivity index (χ1v) is 5.42. The summed E-state index contributed by atoms with van der Waals surface area (Å²) in [5.41, 5.74) is 0. The van der Waals surface area contributed by atoms with Gasteiger partial charge >= 0.3 is 0 Å². The first-order valence-electron chi connectivity index (χ1n) is 3.66. The van der Waals surface area contributed by atoms with Crippen LogP contribution in [0.25, 0.3) is 0 Å². The Morgan fingerprint density at radius 2 is 2.50 bits per heavy atom. The fourth-order valence-electron chi connectivity index (χ4n) is 0.933. The van der Waals surface area contributed by atoms with E-state index in [-0.39, 0.29) is 0 Å². The van der Waals surface area contributed by atoms with Gasteiger partial charge < -0.3 is 4.74 Å². The number of rotatable bonds is 3. The van der Waals surface area contributed by atoms with Crippen LogP contribution in [0.4, 0.5) is 0 Å². The highest BCUT2D eigenvalue weighted by atomic mass is 32.2. The molecular weight excluding hydrogens is 192 g/mol. The molecule has 1 aliphatic rings. The van der Waals surface area contributed by atoms with Gasteiger partial charge in [0, 0.05) is 10.3 Å². The lowest BCUT2D eigenvalue weighted by Gasteiger charge is -2.24. The van der Waals surface area contributed by atoms with Crippen LogP contribution >= 0.6 is 23.1 Å². The minimum atomic E-state index is 0.596. The molecule has 0 radical (unpaired) electrons. The Bertz CT molecular complexity index is 278. The molecule has 4 heteroatoms. The van der Waals surface area contributed by atoms with Gasteiger partial charge in [0.05, 0.1) is 23.3 Å². The van der Waals surface area contributed by atoms with Crippen molar-refractivity contribution in [2.75, 3.05) is 13.2 Å². The van der Waals surface area contributed by atoms with Gasteiger partial charge in [0.25, 0.3) is 0 Å². The fraction of sp³-hybridized carbons (Fsp3) is 0.375. The van der Waals surface area contributed by atoms with Crippen LogP contribution in [0.5, 0.6) is 0 Å². The molecule has 0 atom stereocenters.